The minimum Gasteiger partial charge on any atom is -0.309 e. The van der Waals surface area contributed by atoms with Crippen LogP contribution in [0.25, 0.3) is 0 Å². The van der Waals surface area contributed by atoms with Crippen molar-refractivity contribution in [1.82, 2.24) is 5.32 Å². The molecule has 102 valence electrons. The van der Waals surface area contributed by atoms with Gasteiger partial charge in [0.2, 0.25) is 0 Å². The van der Waals surface area contributed by atoms with Crippen LogP contribution in [-0.2, 0) is 0 Å². The zero-order valence-electron chi connectivity index (χ0n) is 12.7. The Bertz CT molecular complexity index is 569. The van der Waals surface area contributed by atoms with Gasteiger partial charge in [0.1, 0.15) is 0 Å². The van der Waals surface area contributed by atoms with E-state index in [0.717, 1.165) is 0 Å². The molecule has 19 heavy (non-hydrogen) atoms. The van der Waals surface area contributed by atoms with Crippen molar-refractivity contribution in [1.29, 1.82) is 0 Å². The fraction of sp³-hybridized carbons (Fsp3) is 0.412. The fourth-order valence-electron chi connectivity index (χ4n) is 2.80. The fourth-order valence-corrected chi connectivity index (χ4v) is 3.68. The van der Waals surface area contributed by atoms with Crippen LogP contribution in [-0.4, -0.2) is 7.05 Å². The number of hydrogen-bond donors (Lipinski definition) is 1. The van der Waals surface area contributed by atoms with Gasteiger partial charge in [0.15, 0.2) is 0 Å². The van der Waals surface area contributed by atoms with E-state index in [0.29, 0.717) is 6.04 Å². The Balaban J connectivity index is 2.66. The van der Waals surface area contributed by atoms with Crippen LogP contribution in [0.1, 0.15) is 45.0 Å². The lowest BCUT2D eigenvalue weighted by Gasteiger charge is -2.24. The second-order valence-electron chi connectivity index (χ2n) is 5.41. The molecule has 1 nitrogen and oxygen atoms in total. The van der Waals surface area contributed by atoms with Crippen LogP contribution in [0.4, 0.5) is 0 Å². The molecule has 0 amide bonds. The quantitative estimate of drug-likeness (QED) is 0.862. The lowest BCUT2D eigenvalue weighted by molar-refractivity contribution is 0.680. The van der Waals surface area contributed by atoms with Crippen LogP contribution in [0.3, 0.4) is 0 Å². The van der Waals surface area contributed by atoms with Crippen molar-refractivity contribution in [2.24, 2.45) is 0 Å². The normalized spacial score (nSPS) is 12.7. The summed E-state index contributed by atoms with van der Waals surface area (Å²) in [6.45, 7) is 11.1. The maximum absolute atomic E-state index is 3.50. The highest BCUT2D eigenvalue weighted by Crippen LogP contribution is 2.33. The monoisotopic (exact) mass is 273 g/mol. The highest BCUT2D eigenvalue weighted by molar-refractivity contribution is 7.08. The molecule has 1 unspecified atom stereocenters. The predicted octanol–water partition coefficient (Wildman–Crippen LogP) is 4.60. The van der Waals surface area contributed by atoms with Gasteiger partial charge in [-0.3, -0.25) is 0 Å². The van der Waals surface area contributed by atoms with Crippen LogP contribution >= 0.6 is 11.3 Å². The molecule has 0 saturated carbocycles. The van der Waals surface area contributed by atoms with E-state index in [4.69, 9.17) is 0 Å². The number of nitrogens with one attached hydrogen (secondary N) is 1. The number of aryl methyl sites for hydroxylation is 3. The molecule has 2 heteroatoms. The van der Waals surface area contributed by atoms with Crippen LogP contribution in [0.5, 0.6) is 0 Å². The predicted molar refractivity (Wildman–Crippen MR) is 85.3 cm³/mol. The Kier molecular flexibility index (Phi) is 4.12. The Labute approximate surface area is 120 Å². The van der Waals surface area contributed by atoms with Crippen LogP contribution in [0.2, 0.25) is 0 Å². The maximum Gasteiger partial charge on any atom is 0.0590 e. The van der Waals surface area contributed by atoms with Crippen LogP contribution in [0, 0.1) is 34.6 Å². The summed E-state index contributed by atoms with van der Waals surface area (Å²) < 4.78 is 0. The van der Waals surface area contributed by atoms with Crippen molar-refractivity contribution in [3.63, 3.8) is 0 Å². The number of benzene rings is 1. The minimum atomic E-state index is 0.296. The summed E-state index contributed by atoms with van der Waals surface area (Å²) in [7, 11) is 2.05. The standard InChI is InChI=1S/C17H23NS/c1-10-7-11(2)14(5)16(13(10)4)17(18-6)15-9-19-8-12(15)3/h7-9,17-18H,1-6H3. The highest BCUT2D eigenvalue weighted by atomic mass is 32.1. The molecule has 1 atom stereocenters. The van der Waals surface area contributed by atoms with Crippen molar-refractivity contribution >= 4 is 11.3 Å². The van der Waals surface area contributed by atoms with Gasteiger partial charge in [0, 0.05) is 0 Å². The summed E-state index contributed by atoms with van der Waals surface area (Å²) in [4.78, 5) is 0. The topological polar surface area (TPSA) is 12.0 Å². The molecule has 1 aromatic heterocycles. The summed E-state index contributed by atoms with van der Waals surface area (Å²) in [5.41, 5.74) is 9.81. The lowest BCUT2D eigenvalue weighted by atomic mass is 9.87. The van der Waals surface area contributed by atoms with E-state index >= 15 is 0 Å². The molecule has 0 aliphatic heterocycles. The molecular formula is C17H23NS. The van der Waals surface area contributed by atoms with Gasteiger partial charge in [-0.25, -0.2) is 0 Å². The first-order chi connectivity index (χ1) is 8.97. The van der Waals surface area contributed by atoms with E-state index in [-0.39, 0.29) is 0 Å². The van der Waals surface area contributed by atoms with Crippen molar-refractivity contribution in [2.75, 3.05) is 7.05 Å². The van der Waals surface area contributed by atoms with E-state index in [1.165, 1.54) is 38.9 Å². The summed E-state index contributed by atoms with van der Waals surface area (Å²) in [6.07, 6.45) is 0. The summed E-state index contributed by atoms with van der Waals surface area (Å²) in [5, 5.41) is 8.00. The molecule has 0 aliphatic rings. The van der Waals surface area contributed by atoms with Crippen LogP contribution < -0.4 is 5.32 Å². The second-order valence-corrected chi connectivity index (χ2v) is 6.15. The molecule has 1 heterocycles. The average molecular weight is 273 g/mol. The molecule has 0 fully saturated rings. The third kappa shape index (κ3) is 2.47. The Morgan fingerprint density at radius 3 is 1.89 bits per heavy atom. The Morgan fingerprint density at radius 2 is 1.47 bits per heavy atom. The molecule has 0 spiro atoms. The van der Waals surface area contributed by atoms with Gasteiger partial charge in [0.25, 0.3) is 0 Å². The molecule has 0 bridgehead atoms. The van der Waals surface area contributed by atoms with Crippen molar-refractivity contribution in [3.8, 4) is 0 Å². The third-order valence-electron chi connectivity index (χ3n) is 4.21. The van der Waals surface area contributed by atoms with Crippen molar-refractivity contribution in [3.05, 3.63) is 55.8 Å². The van der Waals surface area contributed by atoms with Crippen molar-refractivity contribution in [2.45, 2.75) is 40.7 Å². The molecule has 0 saturated heterocycles. The van der Waals surface area contributed by atoms with Crippen molar-refractivity contribution < 1.29 is 0 Å². The van der Waals surface area contributed by atoms with Gasteiger partial charge >= 0.3 is 0 Å². The Morgan fingerprint density at radius 1 is 0.895 bits per heavy atom. The summed E-state index contributed by atoms with van der Waals surface area (Å²) >= 11 is 1.78. The van der Waals surface area contributed by atoms with Gasteiger partial charge in [0.05, 0.1) is 6.04 Å². The number of rotatable bonds is 3. The zero-order valence-corrected chi connectivity index (χ0v) is 13.5. The van der Waals surface area contributed by atoms with Gasteiger partial charge in [-0.15, -0.1) is 0 Å². The minimum absolute atomic E-state index is 0.296. The van der Waals surface area contributed by atoms with E-state index in [1.54, 1.807) is 11.3 Å². The lowest BCUT2D eigenvalue weighted by Crippen LogP contribution is -2.21. The highest BCUT2D eigenvalue weighted by Gasteiger charge is 2.20. The SMILES string of the molecule is CNC(c1cscc1C)c1c(C)c(C)cc(C)c1C. The van der Waals surface area contributed by atoms with E-state index in [1.807, 2.05) is 0 Å². The van der Waals surface area contributed by atoms with Gasteiger partial charge in [-0.2, -0.15) is 11.3 Å². The molecule has 1 aromatic carbocycles. The molecule has 0 radical (unpaired) electrons. The molecule has 0 aliphatic carbocycles. The number of hydrogen-bond acceptors (Lipinski definition) is 2. The molecule has 1 N–H and O–H groups in total. The average Bonchev–Trinajstić information content (AvgIpc) is 2.78. The second kappa shape index (κ2) is 5.48. The maximum atomic E-state index is 3.50. The third-order valence-corrected chi connectivity index (χ3v) is 5.09. The van der Waals surface area contributed by atoms with Gasteiger partial charge in [-0.1, -0.05) is 6.07 Å². The first-order valence-corrected chi connectivity index (χ1v) is 7.68. The zero-order chi connectivity index (χ0) is 14.2. The summed E-state index contributed by atoms with van der Waals surface area (Å²) in [6, 6.07) is 2.59. The molecule has 2 rings (SSSR count). The van der Waals surface area contributed by atoms with E-state index in [2.05, 4.69) is 63.8 Å². The Hall–Kier alpha value is -1.12. The van der Waals surface area contributed by atoms with Crippen LogP contribution in [0.15, 0.2) is 16.8 Å². The summed E-state index contributed by atoms with van der Waals surface area (Å²) in [5.74, 6) is 0. The largest absolute Gasteiger partial charge is 0.309 e. The first kappa shape index (κ1) is 14.3. The molecular weight excluding hydrogens is 250 g/mol. The molecule has 2 aromatic rings. The van der Waals surface area contributed by atoms with E-state index in [9.17, 15) is 0 Å². The van der Waals surface area contributed by atoms with Gasteiger partial charge in [-0.05, 0) is 91.4 Å². The van der Waals surface area contributed by atoms with E-state index < -0.39 is 0 Å². The smallest absolute Gasteiger partial charge is 0.0590 e. The number of thiophene rings is 1. The van der Waals surface area contributed by atoms with Gasteiger partial charge < -0.3 is 5.32 Å². The first-order valence-electron chi connectivity index (χ1n) is 6.74.